The van der Waals surface area contributed by atoms with Crippen molar-refractivity contribution in [3.05, 3.63) is 18.3 Å². The zero-order valence-corrected chi connectivity index (χ0v) is 11.3. The molecule has 0 aromatic carbocycles. The van der Waals surface area contributed by atoms with Gasteiger partial charge in [-0.1, -0.05) is 0 Å². The first kappa shape index (κ1) is 13.1. The minimum atomic E-state index is 0.175. The van der Waals surface area contributed by atoms with Gasteiger partial charge in [0.2, 0.25) is 0 Å². The lowest BCUT2D eigenvalue weighted by molar-refractivity contribution is 0.243. The van der Waals surface area contributed by atoms with Crippen LogP contribution in [0.25, 0.3) is 0 Å². The third-order valence-corrected chi connectivity index (χ3v) is 3.14. The molecule has 100 valence electrons. The van der Waals surface area contributed by atoms with Crippen LogP contribution < -0.4 is 15.4 Å². The summed E-state index contributed by atoms with van der Waals surface area (Å²) in [5.74, 6) is 2.50. The van der Waals surface area contributed by atoms with Gasteiger partial charge in [0.05, 0.1) is 6.10 Å². The summed E-state index contributed by atoms with van der Waals surface area (Å²) in [5, 5.41) is 6.77. The Bertz CT molecular complexity index is 362. The Morgan fingerprint density at radius 1 is 1.56 bits per heavy atom. The highest BCUT2D eigenvalue weighted by atomic mass is 16.5. The molecule has 18 heavy (non-hydrogen) atoms. The Labute approximate surface area is 109 Å². The molecule has 1 unspecified atom stereocenters. The van der Waals surface area contributed by atoms with Crippen molar-refractivity contribution in [1.82, 2.24) is 10.3 Å². The van der Waals surface area contributed by atoms with Crippen LogP contribution in [0.4, 0.5) is 5.82 Å². The van der Waals surface area contributed by atoms with Gasteiger partial charge in [0.15, 0.2) is 11.6 Å². The summed E-state index contributed by atoms with van der Waals surface area (Å²) >= 11 is 0. The number of hydrogen-bond acceptors (Lipinski definition) is 4. The van der Waals surface area contributed by atoms with Crippen LogP contribution >= 0.6 is 0 Å². The Kier molecular flexibility index (Phi) is 4.81. The number of anilines is 1. The van der Waals surface area contributed by atoms with Crippen LogP contribution in [0.3, 0.4) is 0 Å². The molecular formula is C14H23N3O. The molecule has 0 aliphatic carbocycles. The first-order valence-electron chi connectivity index (χ1n) is 6.82. The molecule has 1 aliphatic heterocycles. The van der Waals surface area contributed by atoms with E-state index in [4.69, 9.17) is 4.74 Å². The molecule has 2 rings (SSSR count). The van der Waals surface area contributed by atoms with Gasteiger partial charge >= 0.3 is 0 Å². The molecule has 1 aromatic heterocycles. The maximum absolute atomic E-state index is 5.73. The van der Waals surface area contributed by atoms with Gasteiger partial charge in [-0.05, 0) is 57.8 Å². The number of hydrogen-bond donors (Lipinski definition) is 2. The number of aromatic nitrogens is 1. The second kappa shape index (κ2) is 6.59. The largest absolute Gasteiger partial charge is 0.487 e. The molecule has 1 atom stereocenters. The molecule has 0 saturated carbocycles. The van der Waals surface area contributed by atoms with E-state index >= 15 is 0 Å². The molecule has 4 nitrogen and oxygen atoms in total. The molecule has 2 heterocycles. The molecule has 2 N–H and O–H groups in total. The van der Waals surface area contributed by atoms with Crippen LogP contribution in [0.5, 0.6) is 5.75 Å². The summed E-state index contributed by atoms with van der Waals surface area (Å²) in [6, 6.07) is 3.87. The van der Waals surface area contributed by atoms with E-state index in [0.29, 0.717) is 0 Å². The summed E-state index contributed by atoms with van der Waals surface area (Å²) in [5.41, 5.74) is 0. The van der Waals surface area contributed by atoms with Crippen molar-refractivity contribution in [2.24, 2.45) is 5.92 Å². The number of rotatable bonds is 6. The highest BCUT2D eigenvalue weighted by Gasteiger charge is 2.14. The Morgan fingerprint density at radius 3 is 3.17 bits per heavy atom. The smallest absolute Gasteiger partial charge is 0.168 e. The lowest BCUT2D eigenvalue weighted by Gasteiger charge is -2.15. The Balaban J connectivity index is 1.83. The minimum Gasteiger partial charge on any atom is -0.487 e. The van der Waals surface area contributed by atoms with E-state index < -0.39 is 0 Å². The van der Waals surface area contributed by atoms with E-state index in [2.05, 4.69) is 15.6 Å². The highest BCUT2D eigenvalue weighted by molar-refractivity contribution is 5.49. The molecule has 1 fully saturated rings. The Hall–Kier alpha value is -1.29. The fourth-order valence-corrected chi connectivity index (χ4v) is 2.23. The molecule has 1 saturated heterocycles. The van der Waals surface area contributed by atoms with Crippen molar-refractivity contribution in [2.75, 3.05) is 25.0 Å². The minimum absolute atomic E-state index is 0.175. The van der Waals surface area contributed by atoms with Crippen molar-refractivity contribution >= 4 is 5.82 Å². The van der Waals surface area contributed by atoms with Crippen LogP contribution in [0.1, 0.15) is 26.7 Å². The normalized spacial score (nSPS) is 19.2. The van der Waals surface area contributed by atoms with Crippen molar-refractivity contribution < 1.29 is 4.74 Å². The Morgan fingerprint density at radius 2 is 2.44 bits per heavy atom. The van der Waals surface area contributed by atoms with Crippen molar-refractivity contribution in [3.63, 3.8) is 0 Å². The molecular weight excluding hydrogens is 226 g/mol. The third kappa shape index (κ3) is 3.88. The first-order chi connectivity index (χ1) is 8.75. The maximum Gasteiger partial charge on any atom is 0.168 e. The van der Waals surface area contributed by atoms with E-state index in [9.17, 15) is 0 Å². The van der Waals surface area contributed by atoms with Gasteiger partial charge in [0, 0.05) is 12.7 Å². The number of ether oxygens (including phenoxy) is 1. The second-order valence-electron chi connectivity index (χ2n) is 5.09. The molecule has 0 amide bonds. The van der Waals surface area contributed by atoms with Gasteiger partial charge in [-0.15, -0.1) is 0 Å². The van der Waals surface area contributed by atoms with E-state index in [0.717, 1.165) is 37.1 Å². The number of nitrogens with zero attached hydrogens (tertiary/aromatic N) is 1. The molecule has 0 bridgehead atoms. The van der Waals surface area contributed by atoms with Crippen molar-refractivity contribution in [3.8, 4) is 5.75 Å². The van der Waals surface area contributed by atoms with Gasteiger partial charge in [0.1, 0.15) is 0 Å². The standard InChI is InChI=1S/C14H23N3O/c1-11(2)18-13-4-3-7-16-14(13)17-9-6-12-5-8-15-10-12/h3-4,7,11-12,15H,5-6,8-10H2,1-2H3,(H,16,17). The lowest BCUT2D eigenvalue weighted by atomic mass is 10.1. The molecule has 1 aliphatic rings. The molecule has 1 aromatic rings. The van der Waals surface area contributed by atoms with Gasteiger partial charge in [0.25, 0.3) is 0 Å². The van der Waals surface area contributed by atoms with Gasteiger partial charge in [-0.2, -0.15) is 0 Å². The summed E-state index contributed by atoms with van der Waals surface area (Å²) in [4.78, 5) is 4.34. The van der Waals surface area contributed by atoms with Crippen LogP contribution in [0.2, 0.25) is 0 Å². The number of pyridine rings is 1. The highest BCUT2D eigenvalue weighted by Crippen LogP contribution is 2.22. The fourth-order valence-electron chi connectivity index (χ4n) is 2.23. The summed E-state index contributed by atoms with van der Waals surface area (Å²) in [6.45, 7) is 7.33. The molecule has 4 heteroatoms. The zero-order valence-electron chi connectivity index (χ0n) is 11.3. The molecule has 0 radical (unpaired) electrons. The predicted octanol–water partition coefficient (Wildman–Crippen LogP) is 2.28. The van der Waals surface area contributed by atoms with E-state index in [1.165, 1.54) is 12.8 Å². The van der Waals surface area contributed by atoms with Crippen molar-refractivity contribution in [2.45, 2.75) is 32.8 Å². The third-order valence-electron chi connectivity index (χ3n) is 3.14. The average molecular weight is 249 g/mol. The monoisotopic (exact) mass is 249 g/mol. The topological polar surface area (TPSA) is 46.2 Å². The van der Waals surface area contributed by atoms with Crippen LogP contribution in [0, 0.1) is 5.92 Å². The van der Waals surface area contributed by atoms with E-state index in [1.807, 2.05) is 26.0 Å². The van der Waals surface area contributed by atoms with Crippen molar-refractivity contribution in [1.29, 1.82) is 0 Å². The molecule has 0 spiro atoms. The lowest BCUT2D eigenvalue weighted by Crippen LogP contribution is -2.14. The first-order valence-corrected chi connectivity index (χ1v) is 6.82. The van der Waals surface area contributed by atoms with Gasteiger partial charge < -0.3 is 15.4 Å². The summed E-state index contributed by atoms with van der Waals surface area (Å²) < 4.78 is 5.73. The van der Waals surface area contributed by atoms with E-state index in [-0.39, 0.29) is 6.10 Å². The predicted molar refractivity (Wildman–Crippen MR) is 74.1 cm³/mol. The van der Waals surface area contributed by atoms with Crippen LogP contribution in [-0.4, -0.2) is 30.7 Å². The summed E-state index contributed by atoms with van der Waals surface area (Å²) in [7, 11) is 0. The van der Waals surface area contributed by atoms with Crippen LogP contribution in [0.15, 0.2) is 18.3 Å². The van der Waals surface area contributed by atoms with Crippen LogP contribution in [-0.2, 0) is 0 Å². The SMILES string of the molecule is CC(C)Oc1cccnc1NCCC1CCNC1. The second-order valence-corrected chi connectivity index (χ2v) is 5.09. The van der Waals surface area contributed by atoms with Gasteiger partial charge in [-0.25, -0.2) is 4.98 Å². The quantitative estimate of drug-likeness (QED) is 0.812. The summed E-state index contributed by atoms with van der Waals surface area (Å²) in [6.07, 6.45) is 4.45. The number of nitrogens with one attached hydrogen (secondary N) is 2. The fraction of sp³-hybridized carbons (Fsp3) is 0.643. The zero-order chi connectivity index (χ0) is 12.8. The van der Waals surface area contributed by atoms with E-state index in [1.54, 1.807) is 6.20 Å². The maximum atomic E-state index is 5.73. The average Bonchev–Trinajstić information content (AvgIpc) is 2.84. The van der Waals surface area contributed by atoms with Gasteiger partial charge in [-0.3, -0.25) is 0 Å².